The summed E-state index contributed by atoms with van der Waals surface area (Å²) in [5.41, 5.74) is 2.86. The lowest BCUT2D eigenvalue weighted by Gasteiger charge is -2.23. The number of para-hydroxylation sites is 1. The van der Waals surface area contributed by atoms with Crippen LogP contribution in [0, 0.1) is 11.6 Å². The van der Waals surface area contributed by atoms with E-state index < -0.39 is 0 Å². The van der Waals surface area contributed by atoms with Gasteiger partial charge in [-0.1, -0.05) is 53.6 Å². The van der Waals surface area contributed by atoms with E-state index in [9.17, 15) is 4.79 Å². The van der Waals surface area contributed by atoms with Crippen molar-refractivity contribution in [2.24, 2.45) is 0 Å². The topological polar surface area (TPSA) is 66.8 Å². The Morgan fingerprint density at radius 2 is 1.84 bits per heavy atom. The number of halogens is 2. The molecule has 1 atom stereocenters. The van der Waals surface area contributed by atoms with Crippen LogP contribution in [0.15, 0.2) is 47.3 Å². The second-order valence-corrected chi connectivity index (χ2v) is 8.83. The van der Waals surface area contributed by atoms with Crippen molar-refractivity contribution in [2.45, 2.75) is 26.3 Å². The van der Waals surface area contributed by atoms with Gasteiger partial charge < -0.3 is 4.90 Å². The molecule has 0 spiro atoms. The van der Waals surface area contributed by atoms with Crippen molar-refractivity contribution in [3.05, 3.63) is 78.9 Å². The van der Waals surface area contributed by atoms with Gasteiger partial charge in [-0.05, 0) is 50.1 Å². The number of aryl methyl sites for hydroxylation is 1. The van der Waals surface area contributed by atoms with Gasteiger partial charge in [0.25, 0.3) is 5.56 Å². The third kappa shape index (κ3) is 3.33. The van der Waals surface area contributed by atoms with Crippen molar-refractivity contribution >= 4 is 58.1 Å². The average Bonchev–Trinajstić information content (AvgIpc) is 3.02. The molecule has 6 nitrogen and oxygen atoms in total. The Morgan fingerprint density at radius 3 is 2.58 bits per heavy atom. The van der Waals surface area contributed by atoms with Crippen molar-refractivity contribution in [1.82, 2.24) is 19.5 Å². The number of hydrogen-bond acceptors (Lipinski definition) is 5. The van der Waals surface area contributed by atoms with Crippen LogP contribution in [0.2, 0.25) is 10.0 Å². The smallest absolute Gasteiger partial charge is 0.264 e. The summed E-state index contributed by atoms with van der Waals surface area (Å²) in [5.74, 6) is 1.04. The number of nitrogens with one attached hydrogen (secondary N) is 1. The maximum atomic E-state index is 13.1. The van der Waals surface area contributed by atoms with Gasteiger partial charge in [-0.15, -0.1) is 0 Å². The first kappa shape index (κ1) is 20.2. The number of rotatable bonds is 2. The number of aromatic nitrogens is 4. The molecule has 1 N–H and O–H groups in total. The van der Waals surface area contributed by atoms with Crippen LogP contribution in [0.25, 0.3) is 16.7 Å². The van der Waals surface area contributed by atoms with Gasteiger partial charge in [0, 0.05) is 21.8 Å². The molecule has 0 amide bonds. The molecule has 9 heteroatoms. The van der Waals surface area contributed by atoms with E-state index in [0.29, 0.717) is 37.8 Å². The summed E-state index contributed by atoms with van der Waals surface area (Å²) < 4.78 is 1.98. The van der Waals surface area contributed by atoms with Gasteiger partial charge in [-0.25, -0.2) is 4.98 Å². The quantitative estimate of drug-likeness (QED) is 0.390. The van der Waals surface area contributed by atoms with Crippen LogP contribution in [-0.2, 0) is 6.42 Å². The summed E-state index contributed by atoms with van der Waals surface area (Å²) in [5, 5.41) is 1.18. The van der Waals surface area contributed by atoms with Crippen molar-refractivity contribution in [1.29, 1.82) is 0 Å². The number of fused-ring (bicyclic) bond motifs is 2. The molecule has 2 aromatic carbocycles. The fourth-order valence-corrected chi connectivity index (χ4v) is 5.10. The Balaban J connectivity index is 1.73. The van der Waals surface area contributed by atoms with Gasteiger partial charge in [-0.3, -0.25) is 14.3 Å². The molecule has 1 aliphatic rings. The Morgan fingerprint density at radius 1 is 1.13 bits per heavy atom. The first-order valence-electron chi connectivity index (χ1n) is 9.71. The molecule has 0 aliphatic carbocycles. The molecule has 4 aromatic rings. The maximum Gasteiger partial charge on any atom is 0.264 e. The molecule has 0 bridgehead atoms. The van der Waals surface area contributed by atoms with Crippen LogP contribution >= 0.6 is 35.4 Å². The molecule has 0 fully saturated rings. The van der Waals surface area contributed by atoms with Gasteiger partial charge in [0.2, 0.25) is 5.95 Å². The fraction of sp³-hybridized carbons (Fsp3) is 0.182. The van der Waals surface area contributed by atoms with Crippen LogP contribution in [0.1, 0.15) is 18.3 Å². The summed E-state index contributed by atoms with van der Waals surface area (Å²) in [7, 11) is 0. The normalized spacial score (nSPS) is 15.5. The molecule has 2 aromatic heterocycles. The summed E-state index contributed by atoms with van der Waals surface area (Å²) in [6, 6.07) is 13.4. The summed E-state index contributed by atoms with van der Waals surface area (Å²) in [6.07, 6.45) is 0.876. The summed E-state index contributed by atoms with van der Waals surface area (Å²) >= 11 is 18.0. The Bertz CT molecular complexity index is 1460. The van der Waals surface area contributed by atoms with E-state index in [2.05, 4.69) is 27.9 Å². The van der Waals surface area contributed by atoms with Crippen LogP contribution in [0.4, 0.5) is 11.6 Å². The van der Waals surface area contributed by atoms with E-state index in [1.807, 2.05) is 23.1 Å². The highest BCUT2D eigenvalue weighted by Crippen LogP contribution is 2.36. The minimum Gasteiger partial charge on any atom is -0.309 e. The molecule has 0 saturated carbocycles. The Kier molecular flexibility index (Phi) is 4.84. The van der Waals surface area contributed by atoms with Crippen LogP contribution in [0.3, 0.4) is 0 Å². The highest BCUT2D eigenvalue weighted by molar-refractivity contribution is 7.71. The Hall–Kier alpha value is -2.74. The highest BCUT2D eigenvalue weighted by atomic mass is 35.5. The number of H-pyrrole nitrogens is 1. The fourth-order valence-electron chi connectivity index (χ4n) is 4.16. The zero-order chi connectivity index (χ0) is 21.9. The monoisotopic (exact) mass is 469 g/mol. The van der Waals surface area contributed by atoms with Crippen LogP contribution in [-0.4, -0.2) is 25.6 Å². The molecule has 0 unspecified atom stereocenters. The van der Waals surface area contributed by atoms with E-state index in [0.717, 1.165) is 12.1 Å². The van der Waals surface area contributed by atoms with Crippen molar-refractivity contribution in [3.63, 3.8) is 0 Å². The third-order valence-corrected chi connectivity index (χ3v) is 6.26. The zero-order valence-electron chi connectivity index (χ0n) is 16.7. The molecule has 156 valence electrons. The number of nitrogens with zero attached hydrogens (tertiary/aromatic N) is 4. The predicted molar refractivity (Wildman–Crippen MR) is 127 cm³/mol. The molecule has 0 radical (unpaired) electrons. The first-order valence-corrected chi connectivity index (χ1v) is 10.9. The predicted octanol–water partition coefficient (Wildman–Crippen LogP) is 5.54. The second kappa shape index (κ2) is 7.44. The lowest BCUT2D eigenvalue weighted by atomic mass is 10.1. The van der Waals surface area contributed by atoms with Crippen LogP contribution in [0.5, 0.6) is 0 Å². The van der Waals surface area contributed by atoms with E-state index >= 15 is 0 Å². The maximum absolute atomic E-state index is 13.1. The van der Waals surface area contributed by atoms with Gasteiger partial charge in [-0.2, -0.15) is 4.98 Å². The average molecular weight is 470 g/mol. The van der Waals surface area contributed by atoms with Crippen molar-refractivity contribution in [2.75, 3.05) is 4.90 Å². The molecular formula is C22H17Cl2N5OS. The lowest BCUT2D eigenvalue weighted by Crippen LogP contribution is -2.28. The molecule has 1 aliphatic heterocycles. The van der Waals surface area contributed by atoms with Gasteiger partial charge in [0.1, 0.15) is 15.9 Å². The number of aromatic amines is 1. The highest BCUT2D eigenvalue weighted by Gasteiger charge is 2.29. The first-order chi connectivity index (χ1) is 14.8. The van der Waals surface area contributed by atoms with E-state index in [1.54, 1.807) is 29.7 Å². The lowest BCUT2D eigenvalue weighted by molar-refractivity contribution is 0.739. The van der Waals surface area contributed by atoms with Gasteiger partial charge in [0.05, 0.1) is 5.69 Å². The summed E-state index contributed by atoms with van der Waals surface area (Å²) in [6.45, 7) is 3.91. The number of hydrogen-bond donors (Lipinski definition) is 1. The standard InChI is InChI=1S/C22H17Cl2N5OS/c1-11-7-13-5-3-4-6-17(13)28(11)22-26-19-18(20(30)27-22)21(31)29(12(2)25-19)16-9-14(23)8-15(24)10-16/h3-6,8-11H,7H2,1-2H3,(H,26,27,30)/t11-/m0/s1. The largest absolute Gasteiger partial charge is 0.309 e. The van der Waals surface area contributed by atoms with Crippen LogP contribution < -0.4 is 10.5 Å². The SMILES string of the molecule is Cc1nc2nc(N3c4ccccc4C[C@@H]3C)[nH]c(=O)c2c(=S)n1-c1cc(Cl)cc(Cl)c1. The van der Waals surface area contributed by atoms with Gasteiger partial charge in [0.15, 0.2) is 5.65 Å². The van der Waals surface area contributed by atoms with E-state index in [1.165, 1.54) is 5.56 Å². The van der Waals surface area contributed by atoms with Crippen molar-refractivity contribution < 1.29 is 0 Å². The molecule has 0 saturated heterocycles. The molecule has 5 rings (SSSR count). The second-order valence-electron chi connectivity index (χ2n) is 7.57. The third-order valence-electron chi connectivity index (χ3n) is 5.44. The number of anilines is 2. The van der Waals surface area contributed by atoms with Crippen molar-refractivity contribution in [3.8, 4) is 5.69 Å². The minimum absolute atomic E-state index is 0.157. The molecular weight excluding hydrogens is 453 g/mol. The van der Waals surface area contributed by atoms with E-state index in [-0.39, 0.29) is 17.0 Å². The molecule has 3 heterocycles. The van der Waals surface area contributed by atoms with E-state index in [4.69, 9.17) is 35.4 Å². The Labute approximate surface area is 193 Å². The van der Waals surface area contributed by atoms with Gasteiger partial charge >= 0.3 is 0 Å². The molecule has 31 heavy (non-hydrogen) atoms. The summed E-state index contributed by atoms with van der Waals surface area (Å²) in [4.78, 5) is 27.4. The number of benzene rings is 2. The zero-order valence-corrected chi connectivity index (χ0v) is 19.0. The minimum atomic E-state index is -0.337.